The highest BCUT2D eigenvalue weighted by atomic mass is 35.5. The number of nitrogens with one attached hydrogen (secondary N) is 2. The minimum atomic E-state index is -4.54. The Labute approximate surface area is 169 Å². The van der Waals surface area contributed by atoms with Crippen molar-refractivity contribution in [2.75, 3.05) is 14.2 Å². The first-order chi connectivity index (χ1) is 13.7. The standard InChI is InChI=1S/C19H16ClF3N2O4/c1-28-15-7-3-12(10-16(15)29-2)18(27)25-24-17(26)8-4-11-9-13(19(21,22)23)5-6-14(11)20/h3-10H,1-2H3,(H,24,26)(H,25,27)/b8-4+. The molecular formula is C19H16ClF3N2O4. The van der Waals surface area contributed by atoms with Gasteiger partial charge in [0.2, 0.25) is 0 Å². The molecule has 0 aliphatic rings. The summed E-state index contributed by atoms with van der Waals surface area (Å²) in [6.45, 7) is 0. The summed E-state index contributed by atoms with van der Waals surface area (Å²) < 4.78 is 48.4. The van der Waals surface area contributed by atoms with Crippen molar-refractivity contribution in [1.29, 1.82) is 0 Å². The van der Waals surface area contributed by atoms with Crippen LogP contribution in [0.2, 0.25) is 5.02 Å². The zero-order chi connectivity index (χ0) is 21.6. The zero-order valence-electron chi connectivity index (χ0n) is 15.3. The predicted molar refractivity (Wildman–Crippen MR) is 101 cm³/mol. The van der Waals surface area contributed by atoms with Gasteiger partial charge in [-0.3, -0.25) is 20.4 Å². The third-order valence-electron chi connectivity index (χ3n) is 3.68. The second-order valence-electron chi connectivity index (χ2n) is 5.58. The number of rotatable bonds is 5. The predicted octanol–water partition coefficient (Wildman–Crippen LogP) is 3.85. The van der Waals surface area contributed by atoms with Crippen LogP contribution < -0.4 is 20.3 Å². The molecule has 0 aromatic heterocycles. The third kappa shape index (κ3) is 5.89. The third-order valence-corrected chi connectivity index (χ3v) is 4.03. The molecule has 29 heavy (non-hydrogen) atoms. The van der Waals surface area contributed by atoms with Gasteiger partial charge in [-0.15, -0.1) is 0 Å². The number of hydrogen-bond donors (Lipinski definition) is 2. The van der Waals surface area contributed by atoms with Crippen LogP contribution in [0.15, 0.2) is 42.5 Å². The summed E-state index contributed by atoms with van der Waals surface area (Å²) in [5, 5.41) is 0.0383. The van der Waals surface area contributed by atoms with Gasteiger partial charge in [0.15, 0.2) is 11.5 Å². The van der Waals surface area contributed by atoms with E-state index in [1.165, 1.54) is 32.4 Å². The maximum absolute atomic E-state index is 12.8. The summed E-state index contributed by atoms with van der Waals surface area (Å²) >= 11 is 5.85. The molecule has 0 saturated heterocycles. The molecule has 6 nitrogen and oxygen atoms in total. The van der Waals surface area contributed by atoms with Crippen molar-refractivity contribution < 1.29 is 32.2 Å². The normalized spacial score (nSPS) is 11.2. The molecule has 2 aromatic carbocycles. The monoisotopic (exact) mass is 428 g/mol. The average molecular weight is 429 g/mol. The van der Waals surface area contributed by atoms with Crippen LogP contribution in [0.4, 0.5) is 13.2 Å². The van der Waals surface area contributed by atoms with Crippen LogP contribution in [0.5, 0.6) is 11.5 Å². The Morgan fingerprint density at radius 1 is 1.00 bits per heavy atom. The molecule has 10 heteroatoms. The van der Waals surface area contributed by atoms with E-state index in [-0.39, 0.29) is 16.1 Å². The molecule has 2 aromatic rings. The van der Waals surface area contributed by atoms with E-state index < -0.39 is 23.6 Å². The molecule has 0 spiro atoms. The van der Waals surface area contributed by atoms with E-state index in [9.17, 15) is 22.8 Å². The summed E-state index contributed by atoms with van der Waals surface area (Å²) in [6.07, 6.45) is -2.49. The van der Waals surface area contributed by atoms with Gasteiger partial charge in [0.25, 0.3) is 11.8 Å². The van der Waals surface area contributed by atoms with E-state index >= 15 is 0 Å². The molecule has 154 valence electrons. The smallest absolute Gasteiger partial charge is 0.416 e. The van der Waals surface area contributed by atoms with E-state index in [1.807, 2.05) is 0 Å². The SMILES string of the molecule is COc1ccc(C(=O)NNC(=O)/C=C/c2cc(C(F)(F)F)ccc2Cl)cc1OC. The van der Waals surface area contributed by atoms with Crippen molar-refractivity contribution in [2.45, 2.75) is 6.18 Å². The van der Waals surface area contributed by atoms with E-state index in [2.05, 4.69) is 10.9 Å². The molecule has 0 aliphatic carbocycles. The van der Waals surface area contributed by atoms with Gasteiger partial charge in [-0.2, -0.15) is 13.2 Å². The first kappa shape index (κ1) is 22.1. The number of amides is 2. The Kier molecular flexibility index (Phi) is 7.11. The van der Waals surface area contributed by atoms with Crippen LogP contribution in [-0.2, 0) is 11.0 Å². The molecule has 2 N–H and O–H groups in total. The van der Waals surface area contributed by atoms with Crippen molar-refractivity contribution in [1.82, 2.24) is 10.9 Å². The summed E-state index contributed by atoms with van der Waals surface area (Å²) in [6, 6.07) is 7.13. The number of alkyl halides is 3. The topological polar surface area (TPSA) is 76.7 Å². The van der Waals surface area contributed by atoms with Crippen molar-refractivity contribution in [3.63, 3.8) is 0 Å². The number of hydrogen-bond acceptors (Lipinski definition) is 4. The highest BCUT2D eigenvalue weighted by Gasteiger charge is 2.30. The molecule has 0 unspecified atom stereocenters. The Bertz CT molecular complexity index is 946. The second-order valence-corrected chi connectivity index (χ2v) is 5.99. The largest absolute Gasteiger partial charge is 0.493 e. The van der Waals surface area contributed by atoms with Gasteiger partial charge < -0.3 is 9.47 Å². The molecule has 0 aliphatic heterocycles. The van der Waals surface area contributed by atoms with Crippen molar-refractivity contribution >= 4 is 29.5 Å². The number of methoxy groups -OCH3 is 2. The van der Waals surface area contributed by atoms with Crippen molar-refractivity contribution in [2.24, 2.45) is 0 Å². The molecule has 0 fully saturated rings. The second kappa shape index (κ2) is 9.33. The zero-order valence-corrected chi connectivity index (χ0v) is 16.0. The first-order valence-corrected chi connectivity index (χ1v) is 8.40. The highest BCUT2D eigenvalue weighted by Crippen LogP contribution is 2.32. The van der Waals surface area contributed by atoms with E-state index in [0.29, 0.717) is 11.5 Å². The van der Waals surface area contributed by atoms with Gasteiger partial charge >= 0.3 is 6.18 Å². The summed E-state index contributed by atoms with van der Waals surface area (Å²) in [7, 11) is 2.85. The quantitative estimate of drug-likeness (QED) is 0.560. The highest BCUT2D eigenvalue weighted by molar-refractivity contribution is 6.32. The number of ether oxygens (including phenoxy) is 2. The van der Waals surface area contributed by atoms with Gasteiger partial charge in [0.05, 0.1) is 19.8 Å². The minimum absolute atomic E-state index is 0.00265. The van der Waals surface area contributed by atoms with Gasteiger partial charge in [0.1, 0.15) is 0 Å². The lowest BCUT2D eigenvalue weighted by Crippen LogP contribution is -2.40. The molecule has 2 amide bonds. The molecule has 0 radical (unpaired) electrons. The van der Waals surface area contributed by atoms with E-state index in [0.717, 1.165) is 30.4 Å². The number of halogens is 4. The Balaban J connectivity index is 2.02. The maximum Gasteiger partial charge on any atom is 0.416 e. The fraction of sp³-hybridized carbons (Fsp3) is 0.158. The molecule has 0 heterocycles. The minimum Gasteiger partial charge on any atom is -0.493 e. The molecule has 0 saturated carbocycles. The van der Waals surface area contributed by atoms with Crippen LogP contribution in [0, 0.1) is 0 Å². The van der Waals surface area contributed by atoms with Gasteiger partial charge in [-0.25, -0.2) is 0 Å². The van der Waals surface area contributed by atoms with E-state index in [4.69, 9.17) is 21.1 Å². The molecular weight excluding hydrogens is 413 g/mol. The Morgan fingerprint density at radius 2 is 1.69 bits per heavy atom. The number of benzene rings is 2. The summed E-state index contributed by atoms with van der Waals surface area (Å²) in [5.74, 6) is -0.656. The lowest BCUT2D eigenvalue weighted by Gasteiger charge is -2.10. The molecule has 0 atom stereocenters. The lowest BCUT2D eigenvalue weighted by molar-refractivity contribution is -0.137. The molecule has 0 bridgehead atoms. The van der Waals surface area contributed by atoms with Crippen LogP contribution >= 0.6 is 11.6 Å². The van der Waals surface area contributed by atoms with Crippen LogP contribution in [-0.4, -0.2) is 26.0 Å². The molecule has 2 rings (SSSR count). The number of carbonyl (C=O) groups excluding carboxylic acids is 2. The van der Waals surface area contributed by atoms with Gasteiger partial charge in [0, 0.05) is 16.7 Å². The number of carbonyl (C=O) groups is 2. The summed E-state index contributed by atoms with van der Waals surface area (Å²) in [4.78, 5) is 24.0. The lowest BCUT2D eigenvalue weighted by atomic mass is 10.1. The average Bonchev–Trinajstić information content (AvgIpc) is 2.69. The maximum atomic E-state index is 12.8. The number of hydrazine groups is 1. The first-order valence-electron chi connectivity index (χ1n) is 8.03. The van der Waals surface area contributed by atoms with Gasteiger partial charge in [-0.05, 0) is 48.0 Å². The Hall–Kier alpha value is -3.20. The van der Waals surface area contributed by atoms with Crippen molar-refractivity contribution in [3.05, 3.63) is 64.2 Å². The fourth-order valence-electron chi connectivity index (χ4n) is 2.22. The van der Waals surface area contributed by atoms with Gasteiger partial charge in [-0.1, -0.05) is 11.6 Å². The van der Waals surface area contributed by atoms with Crippen LogP contribution in [0.3, 0.4) is 0 Å². The Morgan fingerprint density at radius 3 is 2.31 bits per heavy atom. The van der Waals surface area contributed by atoms with Crippen LogP contribution in [0.25, 0.3) is 6.08 Å². The van der Waals surface area contributed by atoms with Crippen LogP contribution in [0.1, 0.15) is 21.5 Å². The summed E-state index contributed by atoms with van der Waals surface area (Å²) in [5.41, 5.74) is 3.58. The fourth-order valence-corrected chi connectivity index (χ4v) is 2.40. The van der Waals surface area contributed by atoms with E-state index in [1.54, 1.807) is 0 Å². The van der Waals surface area contributed by atoms with Crippen molar-refractivity contribution in [3.8, 4) is 11.5 Å².